The minimum Gasteiger partial charge on any atom is -0.600 e. The highest BCUT2D eigenvalue weighted by Crippen LogP contribution is 2.37. The van der Waals surface area contributed by atoms with Gasteiger partial charge in [0.25, 0.3) is 0 Å². The van der Waals surface area contributed by atoms with Gasteiger partial charge in [-0.2, -0.15) is 0 Å². The zero-order valence-electron chi connectivity index (χ0n) is 6.20. The molecule has 0 fully saturated rings. The predicted octanol–water partition coefficient (Wildman–Crippen LogP) is 1.46. The summed E-state index contributed by atoms with van der Waals surface area (Å²) < 4.78 is 0. The van der Waals surface area contributed by atoms with Crippen molar-refractivity contribution in [1.29, 1.82) is 0 Å². The van der Waals surface area contributed by atoms with Crippen molar-refractivity contribution in [2.75, 3.05) is 18.2 Å². The fourth-order valence-electron chi connectivity index (χ4n) is 1.09. The Morgan fingerprint density at radius 2 is 2.36 bits per heavy atom. The molecule has 1 aromatic rings. The highest BCUT2D eigenvalue weighted by Gasteiger charge is 2.02. The van der Waals surface area contributed by atoms with E-state index < -0.39 is 0 Å². The molecule has 0 atom stereocenters. The normalized spacial score (nSPS) is 15.4. The number of fused-ring (bicyclic) bond motifs is 1. The molecule has 0 bridgehead atoms. The number of anilines is 2. The molecule has 2 rings (SSSR count). The van der Waals surface area contributed by atoms with E-state index in [0.717, 1.165) is 17.1 Å². The maximum Gasteiger partial charge on any atom is 0.0357 e. The summed E-state index contributed by atoms with van der Waals surface area (Å²) in [6, 6.07) is 5.59. The number of nitrogens with two attached hydrogens (primary N) is 1. The van der Waals surface area contributed by atoms with Crippen LogP contribution in [0.3, 0.4) is 0 Å². The van der Waals surface area contributed by atoms with Crippen LogP contribution in [-0.2, 0) is 0 Å². The Bertz CT molecular complexity index is 284. The van der Waals surface area contributed by atoms with Gasteiger partial charge in [-0.15, -0.1) is 5.69 Å². The number of hydrazine groups is 1. The van der Waals surface area contributed by atoms with E-state index in [1.54, 1.807) is 5.12 Å². The molecule has 1 heterocycles. The van der Waals surface area contributed by atoms with Crippen LogP contribution in [0.1, 0.15) is 0 Å². The second-order valence-electron chi connectivity index (χ2n) is 2.51. The molecular weight excluding hydrogens is 140 g/mol. The molecule has 0 radical (unpaired) electrons. The smallest absolute Gasteiger partial charge is 0.0357 e. The van der Waals surface area contributed by atoms with E-state index >= 15 is 0 Å². The van der Waals surface area contributed by atoms with Gasteiger partial charge in [-0.25, -0.2) is 0 Å². The lowest BCUT2D eigenvalue weighted by molar-refractivity contribution is 0.545. The summed E-state index contributed by atoms with van der Waals surface area (Å²) in [5, 5.41) is 1.66. The second kappa shape index (κ2) is 2.03. The molecule has 0 unspecified atom stereocenters. The van der Waals surface area contributed by atoms with Crippen molar-refractivity contribution >= 4 is 17.1 Å². The van der Waals surface area contributed by atoms with Gasteiger partial charge in [0.05, 0.1) is 0 Å². The molecule has 0 amide bonds. The molecule has 1 aromatic carbocycles. The van der Waals surface area contributed by atoms with Gasteiger partial charge in [0.2, 0.25) is 0 Å². The van der Waals surface area contributed by atoms with Crippen LogP contribution in [0.2, 0.25) is 0 Å². The van der Waals surface area contributed by atoms with E-state index in [1.165, 1.54) is 0 Å². The summed E-state index contributed by atoms with van der Waals surface area (Å²) in [4.78, 5) is 0. The Morgan fingerprint density at radius 3 is 3.18 bits per heavy atom. The van der Waals surface area contributed by atoms with Crippen molar-refractivity contribution in [3.05, 3.63) is 23.6 Å². The minimum absolute atomic E-state index is 0.752. The molecular formula is C7H9N4-. The van der Waals surface area contributed by atoms with E-state index in [-0.39, 0.29) is 0 Å². The molecule has 0 aromatic heterocycles. The van der Waals surface area contributed by atoms with Crippen LogP contribution in [-0.4, -0.2) is 12.2 Å². The summed E-state index contributed by atoms with van der Waals surface area (Å²) in [6.45, 7) is 0. The van der Waals surface area contributed by atoms with E-state index in [2.05, 4.69) is 10.9 Å². The molecule has 0 saturated heterocycles. The minimum atomic E-state index is 0.752. The highest BCUT2D eigenvalue weighted by atomic mass is 15.7. The third-order valence-electron chi connectivity index (χ3n) is 1.56. The van der Waals surface area contributed by atoms with Gasteiger partial charge >= 0.3 is 0 Å². The van der Waals surface area contributed by atoms with E-state index in [9.17, 15) is 0 Å². The highest BCUT2D eigenvalue weighted by molar-refractivity contribution is 5.77. The van der Waals surface area contributed by atoms with Crippen molar-refractivity contribution in [2.45, 2.75) is 0 Å². The van der Waals surface area contributed by atoms with Crippen LogP contribution in [0.5, 0.6) is 0 Å². The van der Waals surface area contributed by atoms with Crippen LogP contribution in [0.15, 0.2) is 18.2 Å². The molecule has 1 aliphatic heterocycles. The lowest BCUT2D eigenvalue weighted by atomic mass is 10.2. The number of hydrogen-bond acceptors (Lipinski definition) is 3. The van der Waals surface area contributed by atoms with Gasteiger partial charge in [0.1, 0.15) is 0 Å². The standard InChI is InChI=1S/C7H9N4/c1-11-9-6-3-2-5(8)4-7(6)10-11/h2-4,10H,8H2,1H3/q-1. The number of nitrogens with one attached hydrogen (secondary N) is 1. The zero-order chi connectivity index (χ0) is 7.84. The second-order valence-corrected chi connectivity index (χ2v) is 2.51. The molecule has 4 heteroatoms. The summed E-state index contributed by atoms with van der Waals surface area (Å²) in [5.74, 6) is 0. The summed E-state index contributed by atoms with van der Waals surface area (Å²) >= 11 is 0. The number of nitrogen functional groups attached to an aromatic ring is 1. The molecule has 0 aliphatic carbocycles. The van der Waals surface area contributed by atoms with Gasteiger partial charge < -0.3 is 21.7 Å². The van der Waals surface area contributed by atoms with Crippen LogP contribution in [0.4, 0.5) is 17.1 Å². The summed E-state index contributed by atoms with van der Waals surface area (Å²) in [6.07, 6.45) is 0. The fraction of sp³-hybridized carbons (Fsp3) is 0.143. The van der Waals surface area contributed by atoms with Crippen LogP contribution >= 0.6 is 0 Å². The number of rotatable bonds is 0. The Kier molecular flexibility index (Phi) is 1.16. The van der Waals surface area contributed by atoms with Gasteiger partial charge in [0, 0.05) is 11.4 Å². The molecule has 11 heavy (non-hydrogen) atoms. The largest absolute Gasteiger partial charge is 0.600 e. The Hall–Kier alpha value is -1.42. The van der Waals surface area contributed by atoms with Gasteiger partial charge in [-0.3, -0.25) is 0 Å². The first-order valence-corrected chi connectivity index (χ1v) is 3.37. The molecule has 1 aliphatic rings. The first kappa shape index (κ1) is 6.30. The first-order chi connectivity index (χ1) is 5.25. The average molecular weight is 149 g/mol. The Morgan fingerprint density at radius 1 is 1.55 bits per heavy atom. The van der Waals surface area contributed by atoms with Gasteiger partial charge in [-0.1, -0.05) is 6.07 Å². The quantitative estimate of drug-likeness (QED) is 0.549. The van der Waals surface area contributed by atoms with Crippen LogP contribution in [0, 0.1) is 0 Å². The molecule has 58 valence electrons. The van der Waals surface area contributed by atoms with Crippen molar-refractivity contribution in [3.63, 3.8) is 0 Å². The average Bonchev–Trinajstić information content (AvgIpc) is 2.27. The lowest BCUT2D eigenvalue weighted by Crippen LogP contribution is -2.12. The molecule has 3 N–H and O–H groups in total. The van der Waals surface area contributed by atoms with Crippen molar-refractivity contribution < 1.29 is 0 Å². The fourth-order valence-corrected chi connectivity index (χ4v) is 1.09. The van der Waals surface area contributed by atoms with Gasteiger partial charge in [0.15, 0.2) is 0 Å². The lowest BCUT2D eigenvalue weighted by Gasteiger charge is -2.23. The van der Waals surface area contributed by atoms with E-state index in [4.69, 9.17) is 5.73 Å². The van der Waals surface area contributed by atoms with Gasteiger partial charge in [-0.05, 0) is 19.2 Å². The maximum atomic E-state index is 5.58. The van der Waals surface area contributed by atoms with Crippen LogP contribution in [0.25, 0.3) is 5.43 Å². The molecule has 0 saturated carbocycles. The number of benzene rings is 1. The van der Waals surface area contributed by atoms with Crippen LogP contribution < -0.4 is 11.2 Å². The maximum absolute atomic E-state index is 5.58. The van der Waals surface area contributed by atoms with Crippen molar-refractivity contribution in [1.82, 2.24) is 5.12 Å². The third-order valence-corrected chi connectivity index (χ3v) is 1.56. The SMILES string of the molecule is CN1[N-]c2ccc(N)cc2N1. The molecule has 0 spiro atoms. The first-order valence-electron chi connectivity index (χ1n) is 3.37. The van der Waals surface area contributed by atoms with E-state index in [0.29, 0.717) is 0 Å². The number of hydrogen-bond donors (Lipinski definition) is 2. The summed E-state index contributed by atoms with van der Waals surface area (Å²) in [5.41, 5.74) is 15.4. The topological polar surface area (TPSA) is 55.4 Å². The van der Waals surface area contributed by atoms with Crippen molar-refractivity contribution in [3.8, 4) is 0 Å². The monoisotopic (exact) mass is 149 g/mol. The summed E-state index contributed by atoms with van der Waals surface area (Å²) in [7, 11) is 1.84. The van der Waals surface area contributed by atoms with Crippen molar-refractivity contribution in [2.24, 2.45) is 0 Å². The zero-order valence-corrected chi connectivity index (χ0v) is 6.20. The Balaban J connectivity index is 2.43. The number of nitrogens with zero attached hydrogens (tertiary/aromatic N) is 2. The Labute approximate surface area is 64.9 Å². The van der Waals surface area contributed by atoms with E-state index in [1.807, 2.05) is 25.2 Å². The third kappa shape index (κ3) is 0.969. The molecule has 4 nitrogen and oxygen atoms in total. The predicted molar refractivity (Wildman–Crippen MR) is 45.3 cm³/mol.